The first-order chi connectivity index (χ1) is 8.79. The Bertz CT molecular complexity index is 422. The van der Waals surface area contributed by atoms with Gasteiger partial charge < -0.3 is 15.2 Å². The molecular weight excluding hydrogens is 287 g/mol. The van der Waals surface area contributed by atoms with E-state index in [-0.39, 0.29) is 0 Å². The number of aliphatic hydroxyl groups excluding tert-OH is 1. The normalized spacial score (nSPS) is 12.9. The van der Waals surface area contributed by atoms with Gasteiger partial charge in [-0.3, -0.25) is 4.79 Å². The fourth-order valence-corrected chi connectivity index (χ4v) is 1.18. The maximum absolute atomic E-state index is 11.9. The van der Waals surface area contributed by atoms with Gasteiger partial charge in [-0.25, -0.2) is 0 Å². The van der Waals surface area contributed by atoms with Crippen LogP contribution in [0.5, 0.6) is 5.75 Å². The molecule has 1 rings (SSSR count). The molecule has 1 amide bonds. The van der Waals surface area contributed by atoms with Crippen LogP contribution >= 0.6 is 11.6 Å². The van der Waals surface area contributed by atoms with Crippen LogP contribution in [0.25, 0.3) is 0 Å². The van der Waals surface area contributed by atoms with E-state index in [2.05, 4.69) is 0 Å². The van der Waals surface area contributed by atoms with Crippen LogP contribution in [0.1, 0.15) is 0 Å². The molecule has 0 heterocycles. The van der Waals surface area contributed by atoms with Gasteiger partial charge in [0.1, 0.15) is 5.75 Å². The molecule has 1 unspecified atom stereocenters. The largest absolute Gasteiger partial charge is 0.484 e. The lowest BCUT2D eigenvalue weighted by molar-refractivity contribution is -0.201. The van der Waals surface area contributed by atoms with Gasteiger partial charge in [0.25, 0.3) is 5.91 Å². The third-order valence-corrected chi connectivity index (χ3v) is 2.31. The molecule has 1 aromatic carbocycles. The summed E-state index contributed by atoms with van der Waals surface area (Å²) in [4.78, 5) is 11.2. The minimum Gasteiger partial charge on any atom is -0.484 e. The van der Waals surface area contributed by atoms with E-state index in [1.807, 2.05) is 5.32 Å². The fourth-order valence-electron chi connectivity index (χ4n) is 1.06. The first-order valence-corrected chi connectivity index (χ1v) is 5.56. The number of alkyl halides is 3. The summed E-state index contributed by atoms with van der Waals surface area (Å²) in [6, 6.07) is 6.12. The molecule has 4 nitrogen and oxygen atoms in total. The van der Waals surface area contributed by atoms with Crippen LogP contribution in [-0.4, -0.2) is 36.4 Å². The van der Waals surface area contributed by atoms with E-state index >= 15 is 0 Å². The Morgan fingerprint density at radius 2 is 1.95 bits per heavy atom. The molecule has 0 aliphatic rings. The van der Waals surface area contributed by atoms with Gasteiger partial charge in [0.15, 0.2) is 12.7 Å². The minimum absolute atomic E-state index is 0.357. The molecule has 0 bridgehead atoms. The molecule has 0 spiro atoms. The predicted octanol–water partition coefficient (Wildman–Crippen LogP) is 1.76. The molecule has 0 aliphatic carbocycles. The molecule has 0 saturated carbocycles. The highest BCUT2D eigenvalue weighted by atomic mass is 35.5. The maximum Gasteiger partial charge on any atom is 0.416 e. The van der Waals surface area contributed by atoms with Crippen LogP contribution in [0.2, 0.25) is 5.02 Å². The smallest absolute Gasteiger partial charge is 0.416 e. The van der Waals surface area contributed by atoms with Crippen molar-refractivity contribution in [2.24, 2.45) is 0 Å². The lowest BCUT2D eigenvalue weighted by atomic mass is 10.3. The van der Waals surface area contributed by atoms with Crippen LogP contribution in [0.3, 0.4) is 0 Å². The summed E-state index contributed by atoms with van der Waals surface area (Å²) in [6.07, 6.45) is -7.35. The summed E-state index contributed by atoms with van der Waals surface area (Å²) in [5, 5.41) is 11.1. The third-order valence-electron chi connectivity index (χ3n) is 2.05. The molecule has 1 atom stereocenters. The first-order valence-electron chi connectivity index (χ1n) is 5.19. The van der Waals surface area contributed by atoms with E-state index < -0.39 is 31.3 Å². The number of benzene rings is 1. The fraction of sp³-hybridized carbons (Fsp3) is 0.364. The number of hydrogen-bond donors (Lipinski definition) is 2. The zero-order valence-corrected chi connectivity index (χ0v) is 10.3. The molecule has 106 valence electrons. The lowest BCUT2D eigenvalue weighted by Gasteiger charge is -2.15. The van der Waals surface area contributed by atoms with Crippen molar-refractivity contribution in [3.05, 3.63) is 29.3 Å². The molecule has 19 heavy (non-hydrogen) atoms. The Hall–Kier alpha value is -1.47. The average molecular weight is 298 g/mol. The van der Waals surface area contributed by atoms with Crippen LogP contribution in [-0.2, 0) is 4.79 Å². The number of rotatable bonds is 5. The SMILES string of the molecule is O=C(COc1ccc(Cl)cc1)NCC(O)C(F)(F)F. The minimum atomic E-state index is -4.76. The Balaban J connectivity index is 2.30. The van der Waals surface area contributed by atoms with Gasteiger partial charge in [0, 0.05) is 5.02 Å². The second-order valence-corrected chi connectivity index (χ2v) is 4.04. The molecule has 1 aromatic rings. The van der Waals surface area contributed by atoms with Gasteiger partial charge >= 0.3 is 6.18 Å². The molecule has 0 fully saturated rings. The summed E-state index contributed by atoms with van der Waals surface area (Å²) in [6.45, 7) is -1.36. The first kappa shape index (κ1) is 15.6. The van der Waals surface area contributed by atoms with Crippen LogP contribution in [0, 0.1) is 0 Å². The van der Waals surface area contributed by atoms with Crippen LogP contribution < -0.4 is 10.1 Å². The quantitative estimate of drug-likeness (QED) is 0.870. The van der Waals surface area contributed by atoms with Gasteiger partial charge in [-0.1, -0.05) is 11.6 Å². The number of nitrogens with one attached hydrogen (secondary N) is 1. The number of carbonyl (C=O) groups is 1. The summed E-state index contributed by atoms with van der Waals surface area (Å²) < 4.78 is 40.8. The van der Waals surface area contributed by atoms with Crippen molar-refractivity contribution >= 4 is 17.5 Å². The monoisotopic (exact) mass is 297 g/mol. The molecule has 2 N–H and O–H groups in total. The molecule has 0 radical (unpaired) electrons. The van der Waals surface area contributed by atoms with Crippen molar-refractivity contribution in [1.82, 2.24) is 5.32 Å². The second-order valence-electron chi connectivity index (χ2n) is 3.60. The lowest BCUT2D eigenvalue weighted by Crippen LogP contribution is -2.42. The van der Waals surface area contributed by atoms with Crippen molar-refractivity contribution in [1.29, 1.82) is 0 Å². The predicted molar refractivity (Wildman–Crippen MR) is 62.0 cm³/mol. The van der Waals surface area contributed by atoms with E-state index in [0.717, 1.165) is 0 Å². The molecule has 8 heteroatoms. The number of aliphatic hydroxyl groups is 1. The van der Waals surface area contributed by atoms with E-state index in [9.17, 15) is 18.0 Å². The highest BCUT2D eigenvalue weighted by Gasteiger charge is 2.38. The Labute approximate surface area is 112 Å². The molecule has 0 saturated heterocycles. The van der Waals surface area contributed by atoms with Crippen molar-refractivity contribution in [3.63, 3.8) is 0 Å². The van der Waals surface area contributed by atoms with Gasteiger partial charge in [0.05, 0.1) is 6.54 Å². The number of ether oxygens (including phenoxy) is 1. The topological polar surface area (TPSA) is 58.6 Å². The average Bonchev–Trinajstić information content (AvgIpc) is 2.34. The van der Waals surface area contributed by atoms with Gasteiger partial charge in [-0.2, -0.15) is 13.2 Å². The van der Waals surface area contributed by atoms with E-state index in [1.165, 1.54) is 12.1 Å². The Morgan fingerprint density at radius 1 is 1.37 bits per heavy atom. The highest BCUT2D eigenvalue weighted by Crippen LogP contribution is 2.19. The molecule has 0 aromatic heterocycles. The van der Waals surface area contributed by atoms with E-state index in [1.54, 1.807) is 12.1 Å². The van der Waals surface area contributed by atoms with Crippen molar-refractivity contribution in [3.8, 4) is 5.75 Å². The Morgan fingerprint density at radius 3 is 2.47 bits per heavy atom. The van der Waals surface area contributed by atoms with Gasteiger partial charge in [0.2, 0.25) is 0 Å². The number of halogens is 4. The van der Waals surface area contributed by atoms with Gasteiger partial charge in [-0.05, 0) is 24.3 Å². The summed E-state index contributed by atoms with van der Waals surface area (Å²) in [7, 11) is 0. The van der Waals surface area contributed by atoms with E-state index in [4.69, 9.17) is 21.4 Å². The van der Waals surface area contributed by atoms with Crippen LogP contribution in [0.15, 0.2) is 24.3 Å². The maximum atomic E-state index is 11.9. The molecule has 0 aliphatic heterocycles. The molecular formula is C11H11ClF3NO3. The van der Waals surface area contributed by atoms with E-state index in [0.29, 0.717) is 10.8 Å². The zero-order chi connectivity index (χ0) is 14.5. The Kier molecular flexibility index (Phi) is 5.44. The highest BCUT2D eigenvalue weighted by molar-refractivity contribution is 6.30. The van der Waals surface area contributed by atoms with Crippen molar-refractivity contribution in [2.75, 3.05) is 13.2 Å². The zero-order valence-electron chi connectivity index (χ0n) is 9.58. The van der Waals surface area contributed by atoms with Crippen molar-refractivity contribution in [2.45, 2.75) is 12.3 Å². The summed E-state index contributed by atoms with van der Waals surface area (Å²) in [5.74, 6) is -0.408. The second kappa shape index (κ2) is 6.63. The standard InChI is InChI=1S/C11H11ClF3NO3/c12-7-1-3-8(4-2-7)19-6-10(18)16-5-9(17)11(13,14)15/h1-4,9,17H,5-6H2,(H,16,18). The summed E-state index contributed by atoms with van der Waals surface area (Å²) >= 11 is 5.63. The van der Waals surface area contributed by atoms with Crippen LogP contribution in [0.4, 0.5) is 13.2 Å². The van der Waals surface area contributed by atoms with Gasteiger partial charge in [-0.15, -0.1) is 0 Å². The number of amides is 1. The van der Waals surface area contributed by atoms with Crippen molar-refractivity contribution < 1.29 is 27.8 Å². The summed E-state index contributed by atoms with van der Waals surface area (Å²) in [5.41, 5.74) is 0. The number of carbonyl (C=O) groups excluding carboxylic acids is 1. The third kappa shape index (κ3) is 5.80. The number of hydrogen-bond acceptors (Lipinski definition) is 3.